The summed E-state index contributed by atoms with van der Waals surface area (Å²) in [5.74, 6) is 0.592. The average Bonchev–Trinajstić information content (AvgIpc) is 2.60. The van der Waals surface area contributed by atoms with Gasteiger partial charge in [0.1, 0.15) is 12.4 Å². The molecule has 0 aliphatic carbocycles. The van der Waals surface area contributed by atoms with E-state index in [-0.39, 0.29) is 24.4 Å². The Morgan fingerprint density at radius 3 is 2.65 bits per heavy atom. The molecule has 2 rings (SSSR count). The molecular formula is C19H22ClNO5. The van der Waals surface area contributed by atoms with E-state index in [1.807, 2.05) is 0 Å². The highest BCUT2D eigenvalue weighted by Gasteiger charge is 2.09. The molecule has 26 heavy (non-hydrogen) atoms. The van der Waals surface area contributed by atoms with Crippen LogP contribution in [0.2, 0.25) is 5.02 Å². The molecule has 6 nitrogen and oxygen atoms in total. The molecule has 0 fully saturated rings. The van der Waals surface area contributed by atoms with Gasteiger partial charge in [0.15, 0.2) is 12.4 Å². The highest BCUT2D eigenvalue weighted by atomic mass is 35.5. The molecule has 1 N–H and O–H groups in total. The van der Waals surface area contributed by atoms with E-state index in [0.29, 0.717) is 29.0 Å². The molecule has 0 amide bonds. The van der Waals surface area contributed by atoms with E-state index in [2.05, 4.69) is 18.8 Å². The monoisotopic (exact) mass is 379 g/mol. The molecule has 2 aromatic rings. The zero-order chi connectivity index (χ0) is 18.9. The molecule has 0 aliphatic rings. The first-order chi connectivity index (χ1) is 12.5. The maximum atomic E-state index is 12.0. The van der Waals surface area contributed by atoms with Crippen LogP contribution in [0.4, 0.5) is 0 Å². The van der Waals surface area contributed by atoms with Gasteiger partial charge < -0.3 is 19.2 Å². The topological polar surface area (TPSA) is 77.6 Å². The molecule has 0 atom stereocenters. The standard InChI is InChI=1S/C19H22ClNO5/c1-13(2)7-8-24-18-10-21-14(9-16(18)22)11-26-19(23)12-25-17-6-4-3-5-15(17)20/h3-6,9-10,13H,7-8,11-12H2,1-2H3,(H,21,22). The van der Waals surface area contributed by atoms with Gasteiger partial charge in [-0.1, -0.05) is 37.6 Å². The second-order valence-corrected chi connectivity index (χ2v) is 6.50. The summed E-state index contributed by atoms with van der Waals surface area (Å²) < 4.78 is 15.8. The fourth-order valence-corrected chi connectivity index (χ4v) is 2.19. The molecule has 1 heterocycles. The summed E-state index contributed by atoms with van der Waals surface area (Å²) in [5.41, 5.74) is 0.211. The lowest BCUT2D eigenvalue weighted by molar-refractivity contribution is -0.147. The molecule has 7 heteroatoms. The zero-order valence-corrected chi connectivity index (χ0v) is 15.5. The van der Waals surface area contributed by atoms with Crippen molar-refractivity contribution in [3.63, 3.8) is 0 Å². The third-order valence-electron chi connectivity index (χ3n) is 3.46. The highest BCUT2D eigenvalue weighted by Crippen LogP contribution is 2.22. The van der Waals surface area contributed by atoms with Gasteiger partial charge in [0.05, 0.1) is 17.3 Å². The Hall–Kier alpha value is -2.47. The van der Waals surface area contributed by atoms with E-state index in [1.165, 1.54) is 12.3 Å². The number of carbonyl (C=O) groups excluding carboxylic acids is 1. The van der Waals surface area contributed by atoms with Crippen LogP contribution in [-0.4, -0.2) is 24.2 Å². The number of rotatable bonds is 9. The first-order valence-electron chi connectivity index (χ1n) is 8.33. The Morgan fingerprint density at radius 1 is 1.19 bits per heavy atom. The van der Waals surface area contributed by atoms with Crippen LogP contribution in [0, 0.1) is 5.92 Å². The number of para-hydroxylation sites is 1. The number of aromatic amines is 1. The van der Waals surface area contributed by atoms with Crippen LogP contribution in [0.3, 0.4) is 0 Å². The van der Waals surface area contributed by atoms with Crippen LogP contribution in [0.5, 0.6) is 11.5 Å². The maximum absolute atomic E-state index is 12.0. The van der Waals surface area contributed by atoms with Crippen LogP contribution in [0.15, 0.2) is 41.3 Å². The summed E-state index contributed by atoms with van der Waals surface area (Å²) in [6, 6.07) is 8.19. The van der Waals surface area contributed by atoms with Crippen molar-refractivity contribution in [1.82, 2.24) is 4.98 Å². The van der Waals surface area contributed by atoms with Crippen molar-refractivity contribution in [2.45, 2.75) is 26.9 Å². The van der Waals surface area contributed by atoms with Crippen molar-refractivity contribution in [1.29, 1.82) is 0 Å². The number of halogens is 1. The lowest BCUT2D eigenvalue weighted by Crippen LogP contribution is -2.16. The van der Waals surface area contributed by atoms with Crippen LogP contribution in [0.1, 0.15) is 26.0 Å². The number of ether oxygens (including phenoxy) is 3. The second kappa shape index (κ2) is 9.87. The van der Waals surface area contributed by atoms with E-state index in [1.54, 1.807) is 24.3 Å². The lowest BCUT2D eigenvalue weighted by atomic mass is 10.1. The minimum absolute atomic E-state index is 0.0633. The summed E-state index contributed by atoms with van der Waals surface area (Å²) >= 11 is 5.94. The number of pyridine rings is 1. The molecular weight excluding hydrogens is 358 g/mol. The molecule has 0 bridgehead atoms. The Bertz CT molecular complexity index is 787. The number of H-pyrrole nitrogens is 1. The number of aromatic nitrogens is 1. The summed E-state index contributed by atoms with van der Waals surface area (Å²) in [7, 11) is 0. The van der Waals surface area contributed by atoms with Crippen LogP contribution in [0.25, 0.3) is 0 Å². The number of nitrogens with one attached hydrogen (secondary N) is 1. The van der Waals surface area contributed by atoms with E-state index in [9.17, 15) is 9.59 Å². The third-order valence-corrected chi connectivity index (χ3v) is 3.77. The Labute approximate surface area is 157 Å². The van der Waals surface area contributed by atoms with Crippen molar-refractivity contribution in [3.8, 4) is 11.5 Å². The van der Waals surface area contributed by atoms with E-state index in [0.717, 1.165) is 6.42 Å². The van der Waals surface area contributed by atoms with Crippen molar-refractivity contribution in [2.75, 3.05) is 13.2 Å². The average molecular weight is 380 g/mol. The van der Waals surface area contributed by atoms with Gasteiger partial charge in [0.25, 0.3) is 0 Å². The normalized spacial score (nSPS) is 10.6. The summed E-state index contributed by atoms with van der Waals surface area (Å²) in [6.07, 6.45) is 2.34. The van der Waals surface area contributed by atoms with Gasteiger partial charge in [-0.2, -0.15) is 0 Å². The molecule has 0 saturated carbocycles. The van der Waals surface area contributed by atoms with Gasteiger partial charge >= 0.3 is 5.97 Å². The minimum atomic E-state index is -0.567. The van der Waals surface area contributed by atoms with Crippen molar-refractivity contribution in [2.24, 2.45) is 5.92 Å². The molecule has 0 radical (unpaired) electrons. The summed E-state index contributed by atoms with van der Waals surface area (Å²) in [5, 5.41) is 0.415. The number of hydrogen-bond acceptors (Lipinski definition) is 5. The molecule has 0 saturated heterocycles. The number of hydrogen-bond donors (Lipinski definition) is 1. The van der Waals surface area contributed by atoms with Gasteiger partial charge in [0, 0.05) is 12.3 Å². The molecule has 0 aliphatic heterocycles. The second-order valence-electron chi connectivity index (χ2n) is 6.10. The number of carbonyl (C=O) groups is 1. The van der Waals surface area contributed by atoms with Crippen LogP contribution in [-0.2, 0) is 16.1 Å². The Balaban J connectivity index is 1.79. The largest absolute Gasteiger partial charge is 0.488 e. The van der Waals surface area contributed by atoms with Crippen LogP contribution >= 0.6 is 11.6 Å². The van der Waals surface area contributed by atoms with E-state index in [4.69, 9.17) is 25.8 Å². The number of esters is 1. The van der Waals surface area contributed by atoms with E-state index >= 15 is 0 Å². The van der Waals surface area contributed by atoms with Crippen molar-refractivity contribution < 1.29 is 19.0 Å². The van der Waals surface area contributed by atoms with Gasteiger partial charge in [-0.3, -0.25) is 4.79 Å². The van der Waals surface area contributed by atoms with Crippen molar-refractivity contribution >= 4 is 17.6 Å². The molecule has 0 spiro atoms. The smallest absolute Gasteiger partial charge is 0.344 e. The molecule has 1 aromatic heterocycles. The highest BCUT2D eigenvalue weighted by molar-refractivity contribution is 6.32. The first-order valence-corrected chi connectivity index (χ1v) is 8.71. The van der Waals surface area contributed by atoms with E-state index < -0.39 is 5.97 Å². The number of benzene rings is 1. The minimum Gasteiger partial charge on any atom is -0.488 e. The first kappa shape index (κ1) is 19.8. The summed E-state index contributed by atoms with van der Waals surface area (Å²) in [4.78, 5) is 26.6. The SMILES string of the molecule is CC(C)CCOc1c[nH]c(COC(=O)COc2ccccc2Cl)cc1=O. The quantitative estimate of drug-likeness (QED) is 0.674. The summed E-state index contributed by atoms with van der Waals surface area (Å²) in [6.45, 7) is 4.31. The predicted octanol–water partition coefficient (Wildman–Crippen LogP) is 3.58. The van der Waals surface area contributed by atoms with Gasteiger partial charge in [-0.15, -0.1) is 0 Å². The predicted molar refractivity (Wildman–Crippen MR) is 98.8 cm³/mol. The third kappa shape index (κ3) is 6.44. The lowest BCUT2D eigenvalue weighted by Gasteiger charge is -2.09. The van der Waals surface area contributed by atoms with Crippen molar-refractivity contribution in [3.05, 3.63) is 57.5 Å². The molecule has 1 aromatic carbocycles. The Kier molecular flexibility index (Phi) is 7.53. The fourth-order valence-electron chi connectivity index (χ4n) is 2.00. The van der Waals surface area contributed by atoms with Gasteiger partial charge in [-0.05, 0) is 24.5 Å². The van der Waals surface area contributed by atoms with Gasteiger partial charge in [-0.25, -0.2) is 4.79 Å². The molecule has 140 valence electrons. The van der Waals surface area contributed by atoms with Gasteiger partial charge in [0.2, 0.25) is 5.43 Å². The molecule has 0 unspecified atom stereocenters. The maximum Gasteiger partial charge on any atom is 0.344 e. The van der Waals surface area contributed by atoms with Crippen LogP contribution < -0.4 is 14.9 Å². The zero-order valence-electron chi connectivity index (χ0n) is 14.8. The fraction of sp³-hybridized carbons (Fsp3) is 0.368. The Morgan fingerprint density at radius 2 is 1.96 bits per heavy atom.